The number of aryl methyl sites for hydroxylation is 1. The van der Waals surface area contributed by atoms with Crippen LogP contribution in [-0.2, 0) is 0 Å². The Morgan fingerprint density at radius 1 is 1.23 bits per heavy atom. The third-order valence-electron chi connectivity index (χ3n) is 4.05. The average molecular weight is 354 g/mol. The lowest BCUT2D eigenvalue weighted by Gasteiger charge is -2.18. The molecule has 8 nitrogen and oxygen atoms in total. The molecule has 2 heterocycles. The Balaban J connectivity index is 1.91. The fourth-order valence-corrected chi connectivity index (χ4v) is 2.72. The van der Waals surface area contributed by atoms with E-state index in [1.807, 2.05) is 32.0 Å². The Morgan fingerprint density at radius 2 is 2.00 bits per heavy atom. The lowest BCUT2D eigenvalue weighted by Crippen LogP contribution is -2.28. The quantitative estimate of drug-likeness (QED) is 0.655. The largest absolute Gasteiger partial charge is 0.496 e. The van der Waals surface area contributed by atoms with Crippen LogP contribution in [0.3, 0.4) is 0 Å². The Labute approximate surface area is 148 Å². The molecule has 8 heteroatoms. The summed E-state index contributed by atoms with van der Waals surface area (Å²) in [6, 6.07) is 6.80. The number of amides is 1. The van der Waals surface area contributed by atoms with Crippen molar-refractivity contribution in [1.82, 2.24) is 20.3 Å². The molecule has 0 spiro atoms. The molecular weight excluding hydrogens is 336 g/mol. The number of fused-ring (bicyclic) bond motifs is 1. The number of aromatic amines is 2. The van der Waals surface area contributed by atoms with E-state index in [4.69, 9.17) is 4.74 Å². The first-order valence-electron chi connectivity index (χ1n) is 7.97. The number of hydrogen-bond acceptors (Lipinski definition) is 5. The number of pyridine rings is 1. The number of rotatable bonds is 4. The van der Waals surface area contributed by atoms with Gasteiger partial charge in [0, 0.05) is 11.8 Å². The van der Waals surface area contributed by atoms with E-state index in [0.29, 0.717) is 5.75 Å². The molecule has 0 radical (unpaired) electrons. The van der Waals surface area contributed by atoms with Gasteiger partial charge in [-0.1, -0.05) is 17.7 Å². The summed E-state index contributed by atoms with van der Waals surface area (Å²) in [5.41, 5.74) is 0.991. The van der Waals surface area contributed by atoms with Gasteiger partial charge in [-0.3, -0.25) is 19.6 Å². The summed E-state index contributed by atoms with van der Waals surface area (Å²) in [7, 11) is 1.57. The third kappa shape index (κ3) is 3.34. The second-order valence-corrected chi connectivity index (χ2v) is 5.97. The summed E-state index contributed by atoms with van der Waals surface area (Å²) in [5, 5.41) is 3.00. The van der Waals surface area contributed by atoms with Crippen molar-refractivity contribution < 1.29 is 9.53 Å². The van der Waals surface area contributed by atoms with E-state index < -0.39 is 11.2 Å². The molecule has 0 bridgehead atoms. The molecule has 0 aliphatic rings. The van der Waals surface area contributed by atoms with Crippen LogP contribution in [0.1, 0.15) is 34.5 Å². The molecule has 3 aromatic rings. The molecule has 1 aromatic carbocycles. The molecule has 0 aliphatic heterocycles. The first-order valence-corrected chi connectivity index (χ1v) is 7.97. The van der Waals surface area contributed by atoms with E-state index in [0.717, 1.165) is 11.1 Å². The minimum atomic E-state index is -0.646. The lowest BCUT2D eigenvalue weighted by molar-refractivity contribution is 0.0939. The van der Waals surface area contributed by atoms with E-state index in [1.54, 1.807) is 7.11 Å². The maximum atomic E-state index is 12.6. The summed E-state index contributed by atoms with van der Waals surface area (Å²) < 4.78 is 5.35. The zero-order valence-electron chi connectivity index (χ0n) is 14.5. The summed E-state index contributed by atoms with van der Waals surface area (Å²) in [6.45, 7) is 3.80. The van der Waals surface area contributed by atoms with Gasteiger partial charge in [-0.2, -0.15) is 0 Å². The summed E-state index contributed by atoms with van der Waals surface area (Å²) in [4.78, 5) is 44.2. The number of benzene rings is 1. The van der Waals surface area contributed by atoms with Crippen LogP contribution >= 0.6 is 0 Å². The van der Waals surface area contributed by atoms with Crippen LogP contribution in [0, 0.1) is 6.92 Å². The zero-order valence-corrected chi connectivity index (χ0v) is 14.5. The molecule has 3 rings (SSSR count). The molecule has 1 atom stereocenters. The predicted octanol–water partition coefficient (Wildman–Crippen LogP) is 1.42. The van der Waals surface area contributed by atoms with Crippen molar-refractivity contribution in [1.29, 1.82) is 0 Å². The number of hydrogen-bond donors (Lipinski definition) is 3. The first-order chi connectivity index (χ1) is 12.4. The Bertz CT molecular complexity index is 1100. The van der Waals surface area contributed by atoms with Crippen molar-refractivity contribution >= 4 is 16.9 Å². The van der Waals surface area contributed by atoms with Crippen molar-refractivity contribution in [2.24, 2.45) is 0 Å². The minimum absolute atomic E-state index is 0.128. The van der Waals surface area contributed by atoms with Gasteiger partial charge < -0.3 is 10.1 Å². The molecule has 0 fully saturated rings. The highest BCUT2D eigenvalue weighted by Crippen LogP contribution is 2.26. The standard InChI is InChI=1S/C18H18N4O4/c1-9-4-5-14(26-3)12(6-9)10(2)20-16(23)11-7-13-15(19-8-11)21-18(25)22-17(13)24/h4-8,10H,1-3H3,(H,20,23)(H2,19,21,22,24,25). The summed E-state index contributed by atoms with van der Waals surface area (Å²) in [6.07, 6.45) is 1.31. The van der Waals surface area contributed by atoms with Gasteiger partial charge in [-0.05, 0) is 26.0 Å². The molecule has 2 aromatic heterocycles. The Kier molecular flexibility index (Phi) is 4.57. The maximum Gasteiger partial charge on any atom is 0.327 e. The monoisotopic (exact) mass is 354 g/mol. The molecule has 0 aliphatic carbocycles. The van der Waals surface area contributed by atoms with Crippen molar-refractivity contribution in [3.8, 4) is 5.75 Å². The third-order valence-corrected chi connectivity index (χ3v) is 4.05. The first kappa shape index (κ1) is 17.4. The number of carbonyl (C=O) groups excluding carboxylic acids is 1. The van der Waals surface area contributed by atoms with Crippen molar-refractivity contribution in [3.63, 3.8) is 0 Å². The van der Waals surface area contributed by atoms with Crippen LogP contribution in [0.15, 0.2) is 40.1 Å². The van der Waals surface area contributed by atoms with Gasteiger partial charge in [0.15, 0.2) is 0 Å². The van der Waals surface area contributed by atoms with E-state index in [9.17, 15) is 14.4 Å². The maximum absolute atomic E-state index is 12.6. The van der Waals surface area contributed by atoms with Gasteiger partial charge in [0.25, 0.3) is 11.5 Å². The summed E-state index contributed by atoms with van der Waals surface area (Å²) >= 11 is 0. The molecule has 26 heavy (non-hydrogen) atoms. The van der Waals surface area contributed by atoms with Gasteiger partial charge in [0.2, 0.25) is 0 Å². The van der Waals surface area contributed by atoms with Gasteiger partial charge in [0.1, 0.15) is 11.4 Å². The number of nitrogens with zero attached hydrogens (tertiary/aromatic N) is 1. The van der Waals surface area contributed by atoms with Crippen LogP contribution < -0.4 is 21.3 Å². The van der Waals surface area contributed by atoms with Crippen LogP contribution in [0.4, 0.5) is 0 Å². The van der Waals surface area contributed by atoms with Gasteiger partial charge >= 0.3 is 5.69 Å². The number of nitrogens with one attached hydrogen (secondary N) is 3. The molecule has 3 N–H and O–H groups in total. The highest BCUT2D eigenvalue weighted by atomic mass is 16.5. The average Bonchev–Trinajstić information content (AvgIpc) is 2.61. The molecule has 1 amide bonds. The van der Waals surface area contributed by atoms with Crippen LogP contribution in [0.2, 0.25) is 0 Å². The SMILES string of the molecule is COc1ccc(C)cc1C(C)NC(=O)c1cnc2[nH]c(=O)[nH]c(=O)c2c1. The minimum Gasteiger partial charge on any atom is -0.496 e. The van der Waals surface area contributed by atoms with Gasteiger partial charge in [-0.15, -0.1) is 0 Å². The molecule has 0 saturated carbocycles. The van der Waals surface area contributed by atoms with Crippen molar-refractivity contribution in [2.45, 2.75) is 19.9 Å². The predicted molar refractivity (Wildman–Crippen MR) is 96.6 cm³/mol. The van der Waals surface area contributed by atoms with E-state index in [1.165, 1.54) is 12.3 Å². The van der Waals surface area contributed by atoms with E-state index >= 15 is 0 Å². The molecule has 1 unspecified atom stereocenters. The van der Waals surface area contributed by atoms with Crippen LogP contribution in [-0.4, -0.2) is 28.0 Å². The number of ether oxygens (including phenoxy) is 1. The van der Waals surface area contributed by atoms with Crippen molar-refractivity contribution in [2.75, 3.05) is 7.11 Å². The van der Waals surface area contributed by atoms with Gasteiger partial charge in [-0.25, -0.2) is 9.78 Å². The van der Waals surface area contributed by atoms with Gasteiger partial charge in [0.05, 0.1) is 24.1 Å². The Hall–Kier alpha value is -3.42. The fourth-order valence-electron chi connectivity index (χ4n) is 2.72. The fraction of sp³-hybridized carbons (Fsp3) is 0.222. The second kappa shape index (κ2) is 6.83. The van der Waals surface area contributed by atoms with E-state index in [-0.39, 0.29) is 28.5 Å². The number of aromatic nitrogens is 3. The molecule has 0 saturated heterocycles. The molecule has 134 valence electrons. The number of methoxy groups -OCH3 is 1. The number of carbonyl (C=O) groups is 1. The van der Waals surface area contributed by atoms with Crippen LogP contribution in [0.5, 0.6) is 5.75 Å². The smallest absolute Gasteiger partial charge is 0.327 e. The van der Waals surface area contributed by atoms with Crippen molar-refractivity contribution in [3.05, 3.63) is 68.0 Å². The Morgan fingerprint density at radius 3 is 2.73 bits per heavy atom. The molecular formula is C18H18N4O4. The normalized spacial score (nSPS) is 12.0. The second-order valence-electron chi connectivity index (χ2n) is 5.97. The number of H-pyrrole nitrogens is 2. The topological polar surface area (TPSA) is 117 Å². The zero-order chi connectivity index (χ0) is 18.8. The summed E-state index contributed by atoms with van der Waals surface area (Å²) in [5.74, 6) is 0.287. The lowest BCUT2D eigenvalue weighted by atomic mass is 10.0. The van der Waals surface area contributed by atoms with Crippen LogP contribution in [0.25, 0.3) is 11.0 Å². The highest BCUT2D eigenvalue weighted by Gasteiger charge is 2.16. The highest BCUT2D eigenvalue weighted by molar-refractivity contribution is 5.96. The van der Waals surface area contributed by atoms with E-state index in [2.05, 4.69) is 20.3 Å².